The van der Waals surface area contributed by atoms with Gasteiger partial charge in [-0.3, -0.25) is 14.5 Å². The van der Waals surface area contributed by atoms with Gasteiger partial charge in [-0.15, -0.1) is 0 Å². The van der Waals surface area contributed by atoms with Crippen LogP contribution in [0.5, 0.6) is 5.75 Å². The fourth-order valence-electron chi connectivity index (χ4n) is 3.49. The molecule has 8 heteroatoms. The van der Waals surface area contributed by atoms with E-state index in [1.54, 1.807) is 35.2 Å². The van der Waals surface area contributed by atoms with Crippen molar-refractivity contribution in [3.05, 3.63) is 99.4 Å². The number of thioether (sulfide) groups is 1. The highest BCUT2D eigenvalue weighted by Gasteiger charge is 2.31. The number of thiocarbonyl (C=S) groups is 1. The van der Waals surface area contributed by atoms with Crippen molar-refractivity contribution in [2.24, 2.45) is 0 Å². The van der Waals surface area contributed by atoms with Gasteiger partial charge in [0.2, 0.25) is 0 Å². The van der Waals surface area contributed by atoms with Crippen molar-refractivity contribution in [1.82, 2.24) is 4.90 Å². The average molecular weight is 523 g/mol. The smallest absolute Gasteiger partial charge is 0.266 e. The Morgan fingerprint density at radius 1 is 1.11 bits per heavy atom. The van der Waals surface area contributed by atoms with Crippen molar-refractivity contribution >= 4 is 63.5 Å². The molecule has 1 aliphatic rings. The Labute approximate surface area is 219 Å². The van der Waals surface area contributed by atoms with Gasteiger partial charge in [0.05, 0.1) is 4.91 Å². The van der Waals surface area contributed by atoms with Crippen molar-refractivity contribution in [3.63, 3.8) is 0 Å². The number of nitrogens with one attached hydrogen (secondary N) is 1. The summed E-state index contributed by atoms with van der Waals surface area (Å²) < 4.78 is 6.22. The van der Waals surface area contributed by atoms with E-state index < -0.39 is 0 Å². The number of anilines is 1. The minimum atomic E-state index is -0.292. The van der Waals surface area contributed by atoms with Gasteiger partial charge in [-0.1, -0.05) is 84.1 Å². The second-order valence-corrected chi connectivity index (χ2v) is 10.0. The van der Waals surface area contributed by atoms with Crippen molar-refractivity contribution in [2.45, 2.75) is 13.3 Å². The summed E-state index contributed by atoms with van der Waals surface area (Å²) in [5.41, 5.74) is 3.50. The Balaban J connectivity index is 1.36. The fraction of sp³-hybridized carbons (Fsp3) is 0.148. The summed E-state index contributed by atoms with van der Waals surface area (Å²) in [6.07, 6.45) is 2.53. The standard InChI is InChI=1S/C27H23ClN2O3S2/c1-18-10-11-21(28)16-23(18)29-25(31)17-33-22-9-5-8-20(14-22)15-24-26(32)30(27(34)35-24)13-12-19-6-3-2-4-7-19/h2-11,14-16H,12-13,17H2,1H3,(H,29,31)/b24-15-. The van der Waals surface area contributed by atoms with Crippen LogP contribution >= 0.6 is 35.6 Å². The van der Waals surface area contributed by atoms with Crippen LogP contribution < -0.4 is 10.1 Å². The van der Waals surface area contributed by atoms with Gasteiger partial charge < -0.3 is 10.1 Å². The number of rotatable bonds is 8. The zero-order valence-corrected chi connectivity index (χ0v) is 21.4. The number of carbonyl (C=O) groups excluding carboxylic acids is 2. The molecule has 1 saturated heterocycles. The van der Waals surface area contributed by atoms with Crippen molar-refractivity contribution in [2.75, 3.05) is 18.5 Å². The summed E-state index contributed by atoms with van der Waals surface area (Å²) in [6.45, 7) is 2.27. The lowest BCUT2D eigenvalue weighted by molar-refractivity contribution is -0.122. The van der Waals surface area contributed by atoms with Gasteiger partial charge >= 0.3 is 0 Å². The Kier molecular flexibility index (Phi) is 8.23. The second kappa shape index (κ2) is 11.5. The van der Waals surface area contributed by atoms with Gasteiger partial charge in [-0.2, -0.15) is 0 Å². The molecule has 3 aromatic carbocycles. The molecule has 4 rings (SSSR count). The van der Waals surface area contributed by atoms with Crippen molar-refractivity contribution < 1.29 is 14.3 Å². The SMILES string of the molecule is Cc1ccc(Cl)cc1NC(=O)COc1cccc(/C=C2\SC(=S)N(CCc3ccccc3)C2=O)c1. The summed E-state index contributed by atoms with van der Waals surface area (Å²) in [7, 11) is 0. The van der Waals surface area contributed by atoms with Crippen LogP contribution in [0.25, 0.3) is 6.08 Å². The van der Waals surface area contributed by atoms with E-state index >= 15 is 0 Å². The maximum Gasteiger partial charge on any atom is 0.266 e. The molecule has 0 aromatic heterocycles. The fourth-order valence-corrected chi connectivity index (χ4v) is 4.97. The van der Waals surface area contributed by atoms with Gasteiger partial charge in [0.15, 0.2) is 6.61 Å². The third kappa shape index (κ3) is 6.72. The Morgan fingerprint density at radius 2 is 1.91 bits per heavy atom. The highest BCUT2D eigenvalue weighted by atomic mass is 35.5. The molecule has 1 aliphatic heterocycles. The number of benzene rings is 3. The number of halogens is 1. The molecule has 0 saturated carbocycles. The Hall–Kier alpha value is -3.13. The van der Waals surface area contributed by atoms with Crippen LogP contribution in [0, 0.1) is 6.92 Å². The van der Waals surface area contributed by atoms with Crippen LogP contribution in [0.15, 0.2) is 77.7 Å². The van der Waals surface area contributed by atoms with Crippen molar-refractivity contribution in [1.29, 1.82) is 0 Å². The van der Waals surface area contributed by atoms with Gasteiger partial charge in [0, 0.05) is 17.3 Å². The van der Waals surface area contributed by atoms with E-state index in [0.717, 1.165) is 23.1 Å². The minimum absolute atomic E-state index is 0.0986. The summed E-state index contributed by atoms with van der Waals surface area (Å²) in [6, 6.07) is 22.6. The number of aryl methyl sites for hydroxylation is 1. The largest absolute Gasteiger partial charge is 0.484 e. The highest BCUT2D eigenvalue weighted by Crippen LogP contribution is 2.33. The van der Waals surface area contributed by atoms with Crippen LogP contribution in [0.4, 0.5) is 5.69 Å². The molecule has 0 bridgehead atoms. The van der Waals surface area contributed by atoms with Crippen LogP contribution in [-0.2, 0) is 16.0 Å². The Bertz CT molecular complexity index is 1290. The number of hydrogen-bond acceptors (Lipinski definition) is 5. The first-order valence-corrected chi connectivity index (χ1v) is 12.6. The van der Waals surface area contributed by atoms with E-state index in [4.69, 9.17) is 28.6 Å². The quantitative estimate of drug-likeness (QED) is 0.286. The molecule has 2 amide bonds. The van der Waals surface area contributed by atoms with E-state index in [1.165, 1.54) is 11.8 Å². The zero-order valence-electron chi connectivity index (χ0n) is 19.0. The van der Waals surface area contributed by atoms with Crippen LogP contribution in [-0.4, -0.2) is 34.2 Å². The van der Waals surface area contributed by atoms with E-state index in [2.05, 4.69) is 5.32 Å². The molecule has 1 fully saturated rings. The number of nitrogens with zero attached hydrogens (tertiary/aromatic N) is 1. The van der Waals surface area contributed by atoms with Gasteiger partial charge in [-0.05, 0) is 60.4 Å². The monoisotopic (exact) mass is 522 g/mol. The first kappa shape index (κ1) is 25.0. The number of carbonyl (C=O) groups is 2. The van der Waals surface area contributed by atoms with Crippen LogP contribution in [0.1, 0.15) is 16.7 Å². The van der Waals surface area contributed by atoms with E-state index in [0.29, 0.717) is 32.2 Å². The third-order valence-electron chi connectivity index (χ3n) is 5.34. The number of hydrogen-bond donors (Lipinski definition) is 1. The second-order valence-electron chi connectivity index (χ2n) is 7.94. The lowest BCUT2D eigenvalue weighted by atomic mass is 10.1. The molecule has 0 spiro atoms. The van der Waals surface area contributed by atoms with Gasteiger partial charge in [0.25, 0.3) is 11.8 Å². The van der Waals surface area contributed by atoms with E-state index in [9.17, 15) is 9.59 Å². The van der Waals surface area contributed by atoms with Crippen LogP contribution in [0.2, 0.25) is 5.02 Å². The molecular weight excluding hydrogens is 500 g/mol. The third-order valence-corrected chi connectivity index (χ3v) is 6.95. The summed E-state index contributed by atoms with van der Waals surface area (Å²) in [4.78, 5) is 27.5. The maximum atomic E-state index is 12.9. The average Bonchev–Trinajstić information content (AvgIpc) is 3.11. The predicted octanol–water partition coefficient (Wildman–Crippen LogP) is 6.11. The summed E-state index contributed by atoms with van der Waals surface area (Å²) in [5, 5.41) is 3.35. The Morgan fingerprint density at radius 3 is 2.71 bits per heavy atom. The molecular formula is C27H23ClN2O3S2. The molecule has 0 radical (unpaired) electrons. The lowest BCUT2D eigenvalue weighted by Crippen LogP contribution is -2.30. The molecule has 35 heavy (non-hydrogen) atoms. The first-order valence-electron chi connectivity index (χ1n) is 11.0. The normalized spacial score (nSPS) is 14.5. The van der Waals surface area contributed by atoms with Gasteiger partial charge in [-0.25, -0.2) is 0 Å². The number of amides is 2. The summed E-state index contributed by atoms with van der Waals surface area (Å²) >= 11 is 12.7. The van der Waals surface area contributed by atoms with Crippen molar-refractivity contribution in [3.8, 4) is 5.75 Å². The molecule has 178 valence electrons. The predicted molar refractivity (Wildman–Crippen MR) is 147 cm³/mol. The highest BCUT2D eigenvalue weighted by molar-refractivity contribution is 8.26. The summed E-state index contributed by atoms with van der Waals surface area (Å²) in [5.74, 6) is 0.134. The molecule has 5 nitrogen and oxygen atoms in total. The zero-order chi connectivity index (χ0) is 24.8. The molecule has 0 aliphatic carbocycles. The number of ether oxygens (including phenoxy) is 1. The maximum absolute atomic E-state index is 12.9. The van der Waals surface area contributed by atoms with Gasteiger partial charge in [0.1, 0.15) is 10.1 Å². The molecule has 1 heterocycles. The van der Waals surface area contributed by atoms with E-state index in [-0.39, 0.29) is 18.4 Å². The van der Waals surface area contributed by atoms with Crippen LogP contribution in [0.3, 0.4) is 0 Å². The molecule has 1 N–H and O–H groups in total. The molecule has 0 unspecified atom stereocenters. The topological polar surface area (TPSA) is 58.6 Å². The van der Waals surface area contributed by atoms with E-state index in [1.807, 2.05) is 55.5 Å². The first-order chi connectivity index (χ1) is 16.9. The molecule has 3 aromatic rings. The molecule has 0 atom stereocenters. The lowest BCUT2D eigenvalue weighted by Gasteiger charge is -2.14. The minimum Gasteiger partial charge on any atom is -0.484 e.